The van der Waals surface area contributed by atoms with Gasteiger partial charge in [0, 0.05) is 24.3 Å². The van der Waals surface area contributed by atoms with Crippen molar-refractivity contribution in [3.63, 3.8) is 0 Å². The van der Waals surface area contributed by atoms with Crippen molar-refractivity contribution < 1.29 is 9.13 Å². The van der Waals surface area contributed by atoms with Crippen molar-refractivity contribution in [3.8, 4) is 5.75 Å². The number of fused-ring (bicyclic) bond motifs is 3. The average Bonchev–Trinajstić information content (AvgIpc) is 2.85. The minimum Gasteiger partial charge on any atom is -0.497 e. The number of nitrogens with zero attached hydrogens (tertiary/aromatic N) is 2. The maximum Gasteiger partial charge on any atom is 0.261 e. The SMILES string of the molecule is COc1ccc(CCn2cnc3cc(NC(=S)N[C@@H]4C[C@@H]5C[C@H]([C@@H]4C)C5(C)C)ccc3c2=O)c(F)c1. The minimum absolute atomic E-state index is 0.154. The lowest BCUT2D eigenvalue weighted by Crippen LogP contribution is -2.61. The summed E-state index contributed by atoms with van der Waals surface area (Å²) in [6.45, 7) is 7.44. The van der Waals surface area contributed by atoms with Crippen LogP contribution in [0.2, 0.25) is 0 Å². The zero-order valence-corrected chi connectivity index (χ0v) is 22.0. The lowest BCUT2D eigenvalue weighted by molar-refractivity contribution is -0.111. The van der Waals surface area contributed by atoms with Crippen molar-refractivity contribution >= 4 is 33.9 Å². The number of ether oxygens (including phenoxy) is 1. The molecule has 0 amide bonds. The van der Waals surface area contributed by atoms with E-state index in [1.807, 2.05) is 12.1 Å². The zero-order valence-electron chi connectivity index (χ0n) is 21.2. The molecular formula is C28H33FN4O2S. The van der Waals surface area contributed by atoms with Crippen LogP contribution in [-0.4, -0.2) is 27.8 Å². The Morgan fingerprint density at radius 3 is 2.75 bits per heavy atom. The largest absolute Gasteiger partial charge is 0.497 e. The quantitative estimate of drug-likeness (QED) is 0.449. The zero-order chi connectivity index (χ0) is 25.6. The third kappa shape index (κ3) is 4.47. The highest BCUT2D eigenvalue weighted by Crippen LogP contribution is 2.61. The van der Waals surface area contributed by atoms with E-state index >= 15 is 0 Å². The van der Waals surface area contributed by atoms with E-state index in [0.717, 1.165) is 23.9 Å². The molecule has 8 heteroatoms. The van der Waals surface area contributed by atoms with Crippen molar-refractivity contribution in [2.24, 2.45) is 23.2 Å². The molecule has 2 aromatic carbocycles. The molecule has 3 fully saturated rings. The van der Waals surface area contributed by atoms with Gasteiger partial charge in [-0.2, -0.15) is 0 Å². The smallest absolute Gasteiger partial charge is 0.261 e. The first-order valence-electron chi connectivity index (χ1n) is 12.6. The number of anilines is 1. The van der Waals surface area contributed by atoms with Gasteiger partial charge in [-0.15, -0.1) is 0 Å². The molecule has 0 radical (unpaired) electrons. The number of aryl methyl sites for hydroxylation is 2. The summed E-state index contributed by atoms with van der Waals surface area (Å²) in [7, 11) is 1.50. The van der Waals surface area contributed by atoms with Crippen molar-refractivity contribution in [2.45, 2.75) is 52.6 Å². The Balaban J connectivity index is 1.24. The van der Waals surface area contributed by atoms with Gasteiger partial charge in [-0.25, -0.2) is 9.37 Å². The average molecular weight is 509 g/mol. The summed E-state index contributed by atoms with van der Waals surface area (Å²) in [6, 6.07) is 10.6. The third-order valence-corrected chi connectivity index (χ3v) is 8.86. The van der Waals surface area contributed by atoms with Gasteiger partial charge in [0.05, 0.1) is 24.3 Å². The molecule has 3 aliphatic carbocycles. The highest BCUT2D eigenvalue weighted by atomic mass is 32.1. The van der Waals surface area contributed by atoms with Gasteiger partial charge in [0.15, 0.2) is 5.11 Å². The molecule has 3 aliphatic rings. The van der Waals surface area contributed by atoms with Gasteiger partial charge < -0.3 is 15.4 Å². The molecule has 190 valence electrons. The van der Waals surface area contributed by atoms with Crippen LogP contribution in [0.4, 0.5) is 10.1 Å². The van der Waals surface area contributed by atoms with Crippen LogP contribution in [0.25, 0.3) is 10.9 Å². The molecule has 0 aliphatic heterocycles. The monoisotopic (exact) mass is 508 g/mol. The first-order valence-corrected chi connectivity index (χ1v) is 13.0. The first kappa shape index (κ1) is 24.7. The Labute approximate surface area is 216 Å². The number of hydrogen-bond donors (Lipinski definition) is 2. The normalized spacial score (nSPS) is 24.1. The Morgan fingerprint density at radius 1 is 1.25 bits per heavy atom. The molecule has 6 nitrogen and oxygen atoms in total. The van der Waals surface area contributed by atoms with Crippen LogP contribution in [-0.2, 0) is 13.0 Å². The van der Waals surface area contributed by atoms with Gasteiger partial charge >= 0.3 is 0 Å². The van der Waals surface area contributed by atoms with Gasteiger partial charge in [-0.05, 0) is 84.5 Å². The lowest BCUT2D eigenvalue weighted by Gasteiger charge is -2.62. The minimum atomic E-state index is -0.347. The predicted octanol–water partition coefficient (Wildman–Crippen LogP) is 5.14. The Hall–Kier alpha value is -3.00. The molecule has 2 bridgehead atoms. The highest BCUT2D eigenvalue weighted by Gasteiger charge is 2.56. The van der Waals surface area contributed by atoms with Crippen molar-refractivity contribution in [1.29, 1.82) is 0 Å². The number of hydrogen-bond acceptors (Lipinski definition) is 4. The number of nitrogens with one attached hydrogen (secondary N) is 2. The number of halogens is 1. The van der Waals surface area contributed by atoms with Crippen LogP contribution < -0.4 is 20.9 Å². The van der Waals surface area contributed by atoms with Crippen molar-refractivity contribution in [1.82, 2.24) is 14.9 Å². The Bertz CT molecular complexity index is 1370. The number of thiocarbonyl (C=S) groups is 1. The Kier molecular flexibility index (Phi) is 6.49. The molecule has 0 saturated heterocycles. The van der Waals surface area contributed by atoms with Gasteiger partial charge in [-0.1, -0.05) is 26.8 Å². The van der Waals surface area contributed by atoms with E-state index in [1.165, 1.54) is 30.5 Å². The molecule has 4 atom stereocenters. The second-order valence-corrected chi connectivity index (χ2v) is 11.3. The predicted molar refractivity (Wildman–Crippen MR) is 145 cm³/mol. The third-order valence-electron chi connectivity index (χ3n) is 8.64. The second-order valence-electron chi connectivity index (χ2n) is 10.8. The van der Waals surface area contributed by atoms with Gasteiger partial charge in [0.2, 0.25) is 0 Å². The standard InChI is InChI=1S/C28H33FN4O2S/c1-16-22-11-18(28(22,2)3)12-24(16)32-27(36)31-19-6-8-21-25(13-19)30-15-33(26(21)34)10-9-17-5-7-20(35-4)14-23(17)29/h5-8,13-16,18,22,24H,9-12H2,1-4H3,(H2,31,32,36)/t16-,18-,22+,24+/m0/s1. The fourth-order valence-corrected chi connectivity index (χ4v) is 6.44. The molecule has 1 aromatic heterocycles. The molecule has 2 N–H and O–H groups in total. The molecule has 3 saturated carbocycles. The van der Waals surface area contributed by atoms with Crippen LogP contribution in [0.1, 0.15) is 39.2 Å². The van der Waals surface area contributed by atoms with E-state index in [9.17, 15) is 9.18 Å². The fourth-order valence-electron chi connectivity index (χ4n) is 6.17. The van der Waals surface area contributed by atoms with E-state index in [0.29, 0.717) is 57.7 Å². The van der Waals surface area contributed by atoms with Crippen LogP contribution in [0, 0.1) is 29.0 Å². The summed E-state index contributed by atoms with van der Waals surface area (Å²) < 4.78 is 20.8. The summed E-state index contributed by atoms with van der Waals surface area (Å²) >= 11 is 5.61. The van der Waals surface area contributed by atoms with E-state index in [2.05, 4.69) is 36.4 Å². The van der Waals surface area contributed by atoms with Gasteiger partial charge in [0.1, 0.15) is 11.6 Å². The fraction of sp³-hybridized carbons (Fsp3) is 0.464. The molecule has 6 rings (SSSR count). The first-order chi connectivity index (χ1) is 17.2. The molecule has 0 spiro atoms. The van der Waals surface area contributed by atoms with Crippen LogP contribution in [0.5, 0.6) is 5.75 Å². The lowest BCUT2D eigenvalue weighted by atomic mass is 9.45. The van der Waals surface area contributed by atoms with E-state index in [4.69, 9.17) is 17.0 Å². The maximum absolute atomic E-state index is 14.3. The van der Waals surface area contributed by atoms with E-state index in [-0.39, 0.29) is 11.4 Å². The number of benzene rings is 2. The summed E-state index contributed by atoms with van der Waals surface area (Å²) in [4.78, 5) is 17.5. The summed E-state index contributed by atoms with van der Waals surface area (Å²) in [5.74, 6) is 2.19. The molecule has 1 heterocycles. The van der Waals surface area contributed by atoms with Gasteiger partial charge in [0.25, 0.3) is 5.56 Å². The van der Waals surface area contributed by atoms with E-state index in [1.54, 1.807) is 18.2 Å². The highest BCUT2D eigenvalue weighted by molar-refractivity contribution is 7.80. The topological polar surface area (TPSA) is 68.2 Å². The van der Waals surface area contributed by atoms with Crippen molar-refractivity contribution in [3.05, 3.63) is 64.5 Å². The summed E-state index contributed by atoms with van der Waals surface area (Å²) in [5, 5.41) is 7.90. The number of methoxy groups -OCH3 is 1. The summed E-state index contributed by atoms with van der Waals surface area (Å²) in [5.41, 5.74) is 2.19. The maximum atomic E-state index is 14.3. The number of rotatable bonds is 6. The number of aromatic nitrogens is 2. The molecular weight excluding hydrogens is 475 g/mol. The summed E-state index contributed by atoms with van der Waals surface area (Å²) in [6.07, 6.45) is 4.37. The molecule has 0 unspecified atom stereocenters. The van der Waals surface area contributed by atoms with Crippen LogP contribution >= 0.6 is 12.2 Å². The Morgan fingerprint density at radius 2 is 2.06 bits per heavy atom. The second kappa shape index (κ2) is 9.47. The van der Waals surface area contributed by atoms with Crippen molar-refractivity contribution in [2.75, 3.05) is 12.4 Å². The van der Waals surface area contributed by atoms with Crippen LogP contribution in [0.3, 0.4) is 0 Å². The van der Waals surface area contributed by atoms with E-state index < -0.39 is 0 Å². The molecule has 3 aromatic rings. The molecule has 36 heavy (non-hydrogen) atoms. The van der Waals surface area contributed by atoms with Gasteiger partial charge in [-0.3, -0.25) is 9.36 Å². The van der Waals surface area contributed by atoms with Crippen LogP contribution in [0.15, 0.2) is 47.5 Å².